The van der Waals surface area contributed by atoms with E-state index in [4.69, 9.17) is 0 Å². The van der Waals surface area contributed by atoms with Crippen molar-refractivity contribution in [3.8, 4) is 5.75 Å². The van der Waals surface area contributed by atoms with Gasteiger partial charge in [0.2, 0.25) is 0 Å². The zero-order valence-electron chi connectivity index (χ0n) is 11.8. The number of esters is 1. The maximum absolute atomic E-state index is 12.3. The number of non-ortho nitro benzene ring substituents is 1. The van der Waals surface area contributed by atoms with Gasteiger partial charge in [0.05, 0.1) is 18.1 Å². The minimum atomic E-state index is -1.13. The third-order valence-corrected chi connectivity index (χ3v) is 3.92. The summed E-state index contributed by atoms with van der Waals surface area (Å²) in [6.07, 6.45) is 0. The van der Waals surface area contributed by atoms with E-state index in [-0.39, 0.29) is 21.4 Å². The maximum atomic E-state index is 12.3. The summed E-state index contributed by atoms with van der Waals surface area (Å²) in [6, 6.07) is 0.262. The number of rotatable bonds is 3. The van der Waals surface area contributed by atoms with E-state index in [1.165, 1.54) is 0 Å². The highest BCUT2D eigenvalue weighted by atomic mass is 79.9. The number of carbonyl (C=O) groups is 2. The van der Waals surface area contributed by atoms with Crippen molar-refractivity contribution < 1.29 is 24.4 Å². The third kappa shape index (κ3) is 3.11. The fraction of sp³-hybridized carbons (Fsp3) is 0.231. The van der Waals surface area contributed by atoms with E-state index in [0.717, 1.165) is 19.2 Å². The molecule has 0 bridgehead atoms. The molecule has 1 aliphatic heterocycles. The van der Waals surface area contributed by atoms with Crippen molar-refractivity contribution in [2.24, 2.45) is 5.92 Å². The van der Waals surface area contributed by atoms with Gasteiger partial charge in [-0.3, -0.25) is 14.9 Å². The number of nitro groups is 1. The molecule has 122 valence electrons. The molecule has 1 aliphatic rings. The summed E-state index contributed by atoms with van der Waals surface area (Å²) < 4.78 is 4.60. The third-order valence-electron chi connectivity index (χ3n) is 3.33. The Morgan fingerprint density at radius 1 is 1.48 bits per heavy atom. The molecule has 0 saturated carbocycles. The Kier molecular flexibility index (Phi) is 4.55. The molecule has 2 rings (SSSR count). The maximum Gasteiger partial charge on any atom is 0.319 e. The minimum Gasteiger partial charge on any atom is -0.871 e. The summed E-state index contributed by atoms with van der Waals surface area (Å²) in [5.74, 6) is -2.42. The number of nitrogens with zero attached hydrogens (tertiary/aromatic N) is 1. The highest BCUT2D eigenvalue weighted by Crippen LogP contribution is 2.39. The SMILES string of the molecule is C=C1NC(=O)N[C@@H](c2cc([N+](=O)[O-])cc(Br)c2[O-])[C@@H]1C(=O)OC. The molecule has 0 aromatic heterocycles. The van der Waals surface area contributed by atoms with Gasteiger partial charge in [-0.2, -0.15) is 0 Å². The predicted octanol–water partition coefficient (Wildman–Crippen LogP) is 1.09. The Labute approximate surface area is 138 Å². The number of halogens is 1. The average molecular weight is 385 g/mol. The lowest BCUT2D eigenvalue weighted by Gasteiger charge is -2.35. The Hall–Kier alpha value is -2.62. The number of amides is 2. The quantitative estimate of drug-likeness (QED) is 0.455. The van der Waals surface area contributed by atoms with Crippen LogP contribution in [0.3, 0.4) is 0 Å². The number of benzene rings is 1. The van der Waals surface area contributed by atoms with Gasteiger partial charge in [-0.05, 0) is 5.56 Å². The Morgan fingerprint density at radius 3 is 2.70 bits per heavy atom. The van der Waals surface area contributed by atoms with Crippen LogP contribution in [0.2, 0.25) is 0 Å². The van der Waals surface area contributed by atoms with E-state index in [1.807, 2.05) is 0 Å². The van der Waals surface area contributed by atoms with Crippen molar-refractivity contribution >= 4 is 33.6 Å². The van der Waals surface area contributed by atoms with Crippen molar-refractivity contribution in [3.05, 3.63) is 44.6 Å². The molecule has 1 aromatic carbocycles. The second-order valence-electron chi connectivity index (χ2n) is 4.71. The normalized spacial score (nSPS) is 20.4. The highest BCUT2D eigenvalue weighted by molar-refractivity contribution is 9.10. The van der Waals surface area contributed by atoms with Gasteiger partial charge in [0, 0.05) is 22.3 Å². The first-order chi connectivity index (χ1) is 10.8. The highest BCUT2D eigenvalue weighted by Gasteiger charge is 2.39. The molecule has 9 nitrogen and oxygen atoms in total. The molecule has 0 spiro atoms. The molecule has 0 radical (unpaired) electrons. The minimum absolute atomic E-state index is 0.0348. The topological polar surface area (TPSA) is 134 Å². The number of ether oxygens (including phenoxy) is 1. The second-order valence-corrected chi connectivity index (χ2v) is 5.56. The largest absolute Gasteiger partial charge is 0.871 e. The van der Waals surface area contributed by atoms with Crippen molar-refractivity contribution in [1.29, 1.82) is 0 Å². The summed E-state index contributed by atoms with van der Waals surface area (Å²) in [5, 5.41) is 28.0. The number of hydrogen-bond donors (Lipinski definition) is 2. The zero-order valence-corrected chi connectivity index (χ0v) is 13.4. The molecule has 2 atom stereocenters. The van der Waals surface area contributed by atoms with Crippen molar-refractivity contribution in [2.45, 2.75) is 6.04 Å². The van der Waals surface area contributed by atoms with Crippen LogP contribution < -0.4 is 15.7 Å². The van der Waals surface area contributed by atoms with Crippen LogP contribution in [-0.4, -0.2) is 24.0 Å². The summed E-state index contributed by atoms with van der Waals surface area (Å²) in [7, 11) is 1.14. The molecule has 23 heavy (non-hydrogen) atoms. The van der Waals surface area contributed by atoms with E-state index in [0.29, 0.717) is 0 Å². The van der Waals surface area contributed by atoms with E-state index in [2.05, 4.69) is 37.9 Å². The van der Waals surface area contributed by atoms with Crippen LogP contribution in [0.5, 0.6) is 5.75 Å². The number of carbonyl (C=O) groups excluding carboxylic acids is 2. The Balaban J connectivity index is 2.60. The van der Waals surface area contributed by atoms with Gasteiger partial charge < -0.3 is 20.5 Å². The summed E-state index contributed by atoms with van der Waals surface area (Å²) in [6.45, 7) is 3.58. The second kappa shape index (κ2) is 6.24. The molecule has 10 heteroatoms. The molecule has 1 heterocycles. The first-order valence-corrected chi connectivity index (χ1v) is 7.04. The fourth-order valence-electron chi connectivity index (χ4n) is 2.28. The number of nitro benzene ring substituents is 1. The van der Waals surface area contributed by atoms with E-state index in [9.17, 15) is 24.8 Å². The Bertz CT molecular complexity index is 720. The first-order valence-electron chi connectivity index (χ1n) is 6.25. The van der Waals surface area contributed by atoms with Crippen LogP contribution >= 0.6 is 15.9 Å². The molecule has 2 amide bonds. The van der Waals surface area contributed by atoms with Crippen LogP contribution in [0.15, 0.2) is 28.9 Å². The summed E-state index contributed by atoms with van der Waals surface area (Å²) in [4.78, 5) is 33.9. The van der Waals surface area contributed by atoms with Gasteiger partial charge in [0.25, 0.3) is 5.69 Å². The van der Waals surface area contributed by atoms with Crippen molar-refractivity contribution in [2.75, 3.05) is 7.11 Å². The molecule has 1 aromatic rings. The van der Waals surface area contributed by atoms with Gasteiger partial charge in [0.1, 0.15) is 5.92 Å². The van der Waals surface area contributed by atoms with Crippen molar-refractivity contribution in [3.63, 3.8) is 0 Å². The average Bonchev–Trinajstić information content (AvgIpc) is 2.48. The van der Waals surface area contributed by atoms with Crippen molar-refractivity contribution in [1.82, 2.24) is 10.6 Å². The van der Waals surface area contributed by atoms with Gasteiger partial charge in [0.15, 0.2) is 0 Å². The molecule has 1 fully saturated rings. The fourth-order valence-corrected chi connectivity index (χ4v) is 2.75. The van der Waals surface area contributed by atoms with E-state index < -0.39 is 34.6 Å². The van der Waals surface area contributed by atoms with Crippen LogP contribution in [0, 0.1) is 16.0 Å². The predicted molar refractivity (Wildman–Crippen MR) is 79.3 cm³/mol. The molecule has 0 aliphatic carbocycles. The smallest absolute Gasteiger partial charge is 0.319 e. The standard InChI is InChI=1S/C13H12BrN3O6/c1-5-9(12(19)23-2)10(16-13(20)15-5)7-3-6(17(21)22)4-8(14)11(7)18/h3-4,9-10,18H,1H2,2H3,(H2,15,16,20)/p-1/t9-,10+/m1/s1. The molecular weight excluding hydrogens is 374 g/mol. The molecule has 0 unspecified atom stereocenters. The molecule has 2 N–H and O–H groups in total. The van der Waals surface area contributed by atoms with Gasteiger partial charge in [-0.1, -0.05) is 28.3 Å². The number of methoxy groups -OCH3 is 1. The molecular formula is C13H11BrN3O6-. The molecule has 1 saturated heterocycles. The zero-order chi connectivity index (χ0) is 17.3. The van der Waals surface area contributed by atoms with E-state index >= 15 is 0 Å². The number of urea groups is 1. The lowest BCUT2D eigenvalue weighted by Crippen LogP contribution is -2.51. The number of nitrogens with one attached hydrogen (secondary N) is 2. The van der Waals surface area contributed by atoms with Gasteiger partial charge in [-0.25, -0.2) is 4.79 Å². The number of hydrogen-bond acceptors (Lipinski definition) is 6. The monoisotopic (exact) mass is 384 g/mol. The van der Waals surface area contributed by atoms with Crippen LogP contribution in [0.4, 0.5) is 10.5 Å². The van der Waals surface area contributed by atoms with Crippen LogP contribution in [0.25, 0.3) is 0 Å². The van der Waals surface area contributed by atoms with Crippen LogP contribution in [-0.2, 0) is 9.53 Å². The summed E-state index contributed by atoms with van der Waals surface area (Å²) in [5.41, 5.74) is -0.432. The lowest BCUT2D eigenvalue weighted by atomic mass is 9.88. The first kappa shape index (κ1) is 16.7. The summed E-state index contributed by atoms with van der Waals surface area (Å²) >= 11 is 2.95. The van der Waals surface area contributed by atoms with Gasteiger partial charge >= 0.3 is 12.0 Å². The van der Waals surface area contributed by atoms with E-state index in [1.54, 1.807) is 0 Å². The van der Waals surface area contributed by atoms with Gasteiger partial charge in [-0.15, -0.1) is 0 Å². The van der Waals surface area contributed by atoms with Crippen LogP contribution in [0.1, 0.15) is 11.6 Å². The Morgan fingerprint density at radius 2 is 2.13 bits per heavy atom. The lowest BCUT2D eigenvalue weighted by molar-refractivity contribution is -0.385.